The van der Waals surface area contributed by atoms with Crippen LogP contribution in [0.4, 0.5) is 0 Å². The number of amides is 2. The van der Waals surface area contributed by atoms with Crippen LogP contribution in [-0.4, -0.2) is 61.6 Å². The maximum Gasteiger partial charge on any atom is 0.261 e. The average Bonchev–Trinajstić information content (AvgIpc) is 3.11. The molecular weight excluding hydrogens is 480 g/mol. The molecule has 34 heavy (non-hydrogen) atoms. The summed E-state index contributed by atoms with van der Waals surface area (Å²) in [5.41, 5.74) is 0.184. The van der Waals surface area contributed by atoms with Crippen molar-refractivity contribution in [3.8, 4) is 0 Å². The van der Waals surface area contributed by atoms with Gasteiger partial charge in [0.25, 0.3) is 31.9 Å². The molecule has 0 aliphatic carbocycles. The van der Waals surface area contributed by atoms with Crippen LogP contribution in [0.2, 0.25) is 0 Å². The van der Waals surface area contributed by atoms with Gasteiger partial charge in [0.1, 0.15) is 0 Å². The van der Waals surface area contributed by atoms with Gasteiger partial charge in [-0.2, -0.15) is 0 Å². The summed E-state index contributed by atoms with van der Waals surface area (Å²) in [6.45, 7) is -1.72. The molecule has 0 saturated heterocycles. The zero-order valence-electron chi connectivity index (χ0n) is 17.7. The first kappa shape index (κ1) is 23.8. The van der Waals surface area contributed by atoms with E-state index in [2.05, 4.69) is 0 Å². The number of nitrogens with zero attached hydrogens (tertiary/aromatic N) is 2. The van der Waals surface area contributed by atoms with Crippen molar-refractivity contribution in [3.05, 3.63) is 96.1 Å². The van der Waals surface area contributed by atoms with Crippen molar-refractivity contribution in [2.75, 3.05) is 13.2 Å². The van der Waals surface area contributed by atoms with Crippen molar-refractivity contribution >= 4 is 31.9 Å². The van der Waals surface area contributed by atoms with Crippen molar-refractivity contribution in [2.24, 2.45) is 0 Å². The van der Waals surface area contributed by atoms with Gasteiger partial charge in [0.2, 0.25) is 0 Å². The van der Waals surface area contributed by atoms with E-state index in [1.54, 1.807) is 24.3 Å². The van der Waals surface area contributed by atoms with Crippen LogP contribution in [0.15, 0.2) is 94.7 Å². The van der Waals surface area contributed by atoms with E-state index in [9.17, 15) is 31.5 Å². The Morgan fingerprint density at radius 3 is 1.44 bits per heavy atom. The van der Waals surface area contributed by atoms with E-state index in [1.807, 2.05) is 0 Å². The number of carbonyl (C=O) groups excluding carboxylic acids is 2. The molecule has 3 aromatic carbocycles. The third-order valence-electron chi connectivity index (χ3n) is 5.38. The Morgan fingerprint density at radius 2 is 1.06 bits per heavy atom. The highest BCUT2D eigenvalue weighted by atomic mass is 32.3. The number of carbonyl (C=O) groups is 2. The molecule has 1 unspecified atom stereocenters. The molecule has 0 fully saturated rings. The second kappa shape index (κ2) is 9.11. The van der Waals surface area contributed by atoms with E-state index in [0.717, 1.165) is 0 Å². The number of rotatable bonds is 8. The van der Waals surface area contributed by atoms with Gasteiger partial charge in [0, 0.05) is 0 Å². The van der Waals surface area contributed by atoms with Crippen LogP contribution < -0.4 is 0 Å². The minimum Gasteiger partial charge on any atom is -0.394 e. The van der Waals surface area contributed by atoms with Crippen LogP contribution in [0, 0.1) is 0 Å². The first-order chi connectivity index (χ1) is 16.2. The molecule has 176 valence electrons. The molecule has 1 atom stereocenters. The van der Waals surface area contributed by atoms with Gasteiger partial charge in [-0.05, 0) is 36.4 Å². The number of hydrogen-bond acceptors (Lipinski definition) is 7. The van der Waals surface area contributed by atoms with E-state index in [1.165, 1.54) is 60.7 Å². The molecule has 0 spiro atoms. The van der Waals surface area contributed by atoms with Crippen LogP contribution in [0.3, 0.4) is 0 Å². The molecule has 1 aliphatic rings. The van der Waals surface area contributed by atoms with Gasteiger partial charge in [-0.3, -0.25) is 14.5 Å². The molecule has 0 radical (unpaired) electrons. The van der Waals surface area contributed by atoms with Gasteiger partial charge < -0.3 is 5.11 Å². The summed E-state index contributed by atoms with van der Waals surface area (Å²) in [5, 5.41) is 10.1. The Balaban J connectivity index is 1.80. The number of fused-ring (bicyclic) bond motifs is 1. The smallest absolute Gasteiger partial charge is 0.261 e. The van der Waals surface area contributed by atoms with Gasteiger partial charge in [0.15, 0.2) is 0 Å². The molecule has 11 heteroatoms. The van der Waals surface area contributed by atoms with Crippen LogP contribution in [-0.2, 0) is 20.0 Å². The Hall–Kier alpha value is -3.38. The SMILES string of the molecule is O=C1c2ccccc2C(=O)N1C(CO)CN(S(=O)(=O)c1ccccc1)S(=O)(=O)c1ccccc1. The number of imide groups is 1. The molecule has 2 amide bonds. The highest BCUT2D eigenvalue weighted by Gasteiger charge is 2.44. The van der Waals surface area contributed by atoms with Crippen molar-refractivity contribution in [2.45, 2.75) is 15.8 Å². The van der Waals surface area contributed by atoms with E-state index < -0.39 is 51.1 Å². The highest BCUT2D eigenvalue weighted by molar-refractivity contribution is 8.04. The lowest BCUT2D eigenvalue weighted by Gasteiger charge is -2.30. The van der Waals surface area contributed by atoms with Gasteiger partial charge >= 0.3 is 0 Å². The molecule has 1 N–H and O–H groups in total. The lowest BCUT2D eigenvalue weighted by molar-refractivity contribution is 0.0506. The number of aliphatic hydroxyl groups excluding tert-OH is 1. The molecule has 9 nitrogen and oxygen atoms in total. The third kappa shape index (κ3) is 4.03. The van der Waals surface area contributed by atoms with Crippen molar-refractivity contribution in [1.29, 1.82) is 0 Å². The van der Waals surface area contributed by atoms with Crippen LogP contribution in [0.1, 0.15) is 20.7 Å². The highest BCUT2D eigenvalue weighted by Crippen LogP contribution is 2.29. The lowest BCUT2D eigenvalue weighted by Crippen LogP contribution is -2.51. The van der Waals surface area contributed by atoms with Gasteiger partial charge in [-0.1, -0.05) is 52.2 Å². The zero-order valence-corrected chi connectivity index (χ0v) is 19.3. The normalized spacial score (nSPS) is 14.9. The Morgan fingerprint density at radius 1 is 0.676 bits per heavy atom. The van der Waals surface area contributed by atoms with Gasteiger partial charge in [0.05, 0.1) is 40.1 Å². The fraction of sp³-hybridized carbons (Fsp3) is 0.130. The molecule has 0 saturated carbocycles. The van der Waals surface area contributed by atoms with E-state index >= 15 is 0 Å². The Labute approximate surface area is 197 Å². The Bertz CT molecular complexity index is 1340. The number of benzene rings is 3. The summed E-state index contributed by atoms with van der Waals surface area (Å²) in [5.74, 6) is -1.48. The fourth-order valence-corrected chi connectivity index (χ4v) is 7.44. The standard InChI is InChI=1S/C23H20N2O7S2/c26-16-17(25-22(27)20-13-7-8-14-21(20)23(25)28)15-24(33(29,30)18-9-3-1-4-10-18)34(31,32)19-11-5-2-6-12-19/h1-14,17,26H,15-16H2. The summed E-state index contributed by atoms with van der Waals surface area (Å²) in [4.78, 5) is 25.9. The summed E-state index contributed by atoms with van der Waals surface area (Å²) in [6.07, 6.45) is 0. The summed E-state index contributed by atoms with van der Waals surface area (Å²) < 4.78 is 54.1. The maximum absolute atomic E-state index is 13.5. The van der Waals surface area contributed by atoms with E-state index in [0.29, 0.717) is 4.90 Å². The molecule has 0 bridgehead atoms. The monoisotopic (exact) mass is 500 g/mol. The second-order valence-electron chi connectivity index (χ2n) is 7.45. The second-order valence-corrected chi connectivity index (χ2v) is 11.4. The summed E-state index contributed by atoms with van der Waals surface area (Å²) >= 11 is 0. The minimum absolute atomic E-state index is 0.0920. The van der Waals surface area contributed by atoms with Crippen molar-refractivity contribution in [1.82, 2.24) is 8.61 Å². The predicted molar refractivity (Wildman–Crippen MR) is 122 cm³/mol. The van der Waals surface area contributed by atoms with E-state index in [4.69, 9.17) is 0 Å². The Kier molecular flexibility index (Phi) is 6.36. The molecular formula is C23H20N2O7S2. The average molecular weight is 501 g/mol. The number of hydrogen-bond donors (Lipinski definition) is 1. The van der Waals surface area contributed by atoms with Gasteiger partial charge in [-0.15, -0.1) is 0 Å². The lowest BCUT2D eigenvalue weighted by atomic mass is 10.1. The van der Waals surface area contributed by atoms with Gasteiger partial charge in [-0.25, -0.2) is 16.8 Å². The molecule has 1 heterocycles. The quantitative estimate of drug-likeness (QED) is 0.466. The van der Waals surface area contributed by atoms with Crippen molar-refractivity contribution < 1.29 is 31.5 Å². The first-order valence-corrected chi connectivity index (χ1v) is 13.0. The van der Waals surface area contributed by atoms with Crippen molar-refractivity contribution in [3.63, 3.8) is 0 Å². The molecule has 1 aliphatic heterocycles. The number of sulfonamides is 2. The molecule has 3 aromatic rings. The zero-order chi connectivity index (χ0) is 24.5. The fourth-order valence-electron chi connectivity index (χ4n) is 3.68. The summed E-state index contributed by atoms with van der Waals surface area (Å²) in [6, 6.07) is 18.4. The first-order valence-electron chi connectivity index (χ1n) is 10.2. The molecule has 0 aromatic heterocycles. The topological polar surface area (TPSA) is 129 Å². The number of aliphatic hydroxyl groups is 1. The largest absolute Gasteiger partial charge is 0.394 e. The summed E-state index contributed by atoms with van der Waals surface area (Å²) in [7, 11) is -9.32. The predicted octanol–water partition coefficient (Wildman–Crippen LogP) is 1.72. The maximum atomic E-state index is 13.5. The van der Waals surface area contributed by atoms with Crippen LogP contribution >= 0.6 is 0 Å². The van der Waals surface area contributed by atoms with Crippen LogP contribution in [0.25, 0.3) is 0 Å². The molecule has 4 rings (SSSR count). The van der Waals surface area contributed by atoms with Crippen LogP contribution in [0.5, 0.6) is 0 Å². The van der Waals surface area contributed by atoms with E-state index in [-0.39, 0.29) is 24.6 Å². The minimum atomic E-state index is -4.66. The third-order valence-corrected chi connectivity index (χ3v) is 9.66.